The van der Waals surface area contributed by atoms with Crippen molar-refractivity contribution in [3.63, 3.8) is 0 Å². The third-order valence-electron chi connectivity index (χ3n) is 8.29. The molecule has 4 rings (SSSR count). The van der Waals surface area contributed by atoms with E-state index in [0.717, 1.165) is 30.0 Å². The Hall–Kier alpha value is -4.81. The molecule has 266 valence electrons. The van der Waals surface area contributed by atoms with E-state index >= 15 is 0 Å². The van der Waals surface area contributed by atoms with Crippen molar-refractivity contribution in [3.8, 4) is 0 Å². The SMILES string of the molecule is CCCC[C@H](NC[C@@H](Cc1ccccc1)NC(=O)c1cc(C(=O)N[C@H](C)c2ccccc2)cc(C2=CC(=O)NS2(=O)=O)c1)C(=O)NCC(C)C. The monoisotopic (exact) mass is 701 g/mol. The third kappa shape index (κ3) is 10.8. The first-order valence-electron chi connectivity index (χ1n) is 17.0. The van der Waals surface area contributed by atoms with Crippen LogP contribution in [0.2, 0.25) is 0 Å². The van der Waals surface area contributed by atoms with Crippen LogP contribution in [0.15, 0.2) is 84.9 Å². The lowest BCUT2D eigenvalue weighted by atomic mass is 10.0. The van der Waals surface area contributed by atoms with E-state index in [1.807, 2.05) is 86.2 Å². The Balaban J connectivity index is 1.64. The van der Waals surface area contributed by atoms with Crippen LogP contribution in [0.25, 0.3) is 4.91 Å². The minimum absolute atomic E-state index is 0.0210. The molecule has 1 aliphatic rings. The van der Waals surface area contributed by atoms with E-state index in [1.165, 1.54) is 18.2 Å². The van der Waals surface area contributed by atoms with Gasteiger partial charge in [-0.25, -0.2) is 13.1 Å². The maximum atomic E-state index is 14.0. The lowest BCUT2D eigenvalue weighted by molar-refractivity contribution is -0.123. The zero-order chi connectivity index (χ0) is 36.3. The van der Waals surface area contributed by atoms with E-state index in [-0.39, 0.29) is 40.1 Å². The Morgan fingerprint density at radius 3 is 2.02 bits per heavy atom. The Kier molecular flexibility index (Phi) is 13.5. The molecule has 0 saturated carbocycles. The van der Waals surface area contributed by atoms with E-state index in [1.54, 1.807) is 0 Å². The molecule has 11 nitrogen and oxygen atoms in total. The van der Waals surface area contributed by atoms with Gasteiger partial charge in [-0.05, 0) is 60.6 Å². The fraction of sp³-hybridized carbons (Fsp3) is 0.368. The quantitative estimate of drug-likeness (QED) is 0.141. The van der Waals surface area contributed by atoms with E-state index in [9.17, 15) is 27.6 Å². The van der Waals surface area contributed by atoms with Gasteiger partial charge in [-0.15, -0.1) is 0 Å². The molecule has 0 aromatic heterocycles. The highest BCUT2D eigenvalue weighted by atomic mass is 32.2. The minimum Gasteiger partial charge on any atom is -0.354 e. The summed E-state index contributed by atoms with van der Waals surface area (Å²) in [5, 5.41) is 12.3. The molecule has 0 saturated heterocycles. The summed E-state index contributed by atoms with van der Waals surface area (Å²) in [6.45, 7) is 8.75. The van der Waals surface area contributed by atoms with Crippen LogP contribution in [0.3, 0.4) is 0 Å². The summed E-state index contributed by atoms with van der Waals surface area (Å²) in [4.78, 5) is 52.3. The van der Waals surface area contributed by atoms with Gasteiger partial charge in [-0.1, -0.05) is 94.3 Å². The Bertz CT molecular complexity index is 1790. The lowest BCUT2D eigenvalue weighted by Crippen LogP contribution is -2.51. The summed E-state index contributed by atoms with van der Waals surface area (Å²) in [5.74, 6) is -1.70. The summed E-state index contributed by atoms with van der Waals surface area (Å²) >= 11 is 0. The molecule has 3 aromatic rings. The van der Waals surface area contributed by atoms with Gasteiger partial charge in [0.2, 0.25) is 5.91 Å². The van der Waals surface area contributed by atoms with Crippen molar-refractivity contribution in [2.45, 2.75) is 71.5 Å². The van der Waals surface area contributed by atoms with Crippen molar-refractivity contribution >= 4 is 38.6 Å². The molecule has 4 amide bonds. The summed E-state index contributed by atoms with van der Waals surface area (Å²) in [5.41, 5.74) is 1.92. The van der Waals surface area contributed by atoms with Crippen LogP contribution >= 0.6 is 0 Å². The number of sulfonamides is 1. The van der Waals surface area contributed by atoms with Gasteiger partial charge >= 0.3 is 0 Å². The number of hydrogen-bond donors (Lipinski definition) is 5. The van der Waals surface area contributed by atoms with Crippen molar-refractivity contribution in [1.82, 2.24) is 26.0 Å². The van der Waals surface area contributed by atoms with Gasteiger partial charge in [-0.2, -0.15) is 0 Å². The normalized spacial score (nSPS) is 15.4. The van der Waals surface area contributed by atoms with Crippen molar-refractivity contribution in [1.29, 1.82) is 0 Å². The molecule has 1 heterocycles. The second-order valence-corrected chi connectivity index (χ2v) is 14.6. The van der Waals surface area contributed by atoms with E-state index in [2.05, 4.69) is 28.2 Å². The van der Waals surface area contributed by atoms with Gasteiger partial charge in [0.25, 0.3) is 27.7 Å². The topological polar surface area (TPSA) is 163 Å². The molecule has 50 heavy (non-hydrogen) atoms. The summed E-state index contributed by atoms with van der Waals surface area (Å²) in [7, 11) is -4.20. The third-order valence-corrected chi connectivity index (χ3v) is 9.70. The molecular weight excluding hydrogens is 655 g/mol. The van der Waals surface area contributed by atoms with Gasteiger partial charge in [0, 0.05) is 36.3 Å². The highest BCUT2D eigenvalue weighted by molar-refractivity contribution is 7.99. The number of amides is 4. The number of carbonyl (C=O) groups is 4. The Morgan fingerprint density at radius 2 is 1.44 bits per heavy atom. The summed E-state index contributed by atoms with van der Waals surface area (Å²) in [6.07, 6.45) is 3.77. The van der Waals surface area contributed by atoms with E-state index in [4.69, 9.17) is 0 Å². The van der Waals surface area contributed by atoms with Crippen LogP contribution in [0.5, 0.6) is 0 Å². The number of nitrogens with one attached hydrogen (secondary N) is 5. The highest BCUT2D eigenvalue weighted by Gasteiger charge is 2.31. The average molecular weight is 702 g/mol. The average Bonchev–Trinajstić information content (AvgIpc) is 3.38. The second-order valence-electron chi connectivity index (χ2n) is 13.0. The second kappa shape index (κ2) is 17.7. The predicted octanol–water partition coefficient (Wildman–Crippen LogP) is 4.24. The van der Waals surface area contributed by atoms with Crippen LogP contribution in [-0.4, -0.2) is 57.2 Å². The van der Waals surface area contributed by atoms with Gasteiger partial charge in [0.15, 0.2) is 0 Å². The van der Waals surface area contributed by atoms with Gasteiger partial charge in [-0.3, -0.25) is 19.2 Å². The number of benzene rings is 3. The van der Waals surface area contributed by atoms with Crippen LogP contribution in [0.1, 0.15) is 90.4 Å². The number of carbonyl (C=O) groups excluding carboxylic acids is 4. The molecule has 0 bridgehead atoms. The van der Waals surface area contributed by atoms with Crippen molar-refractivity contribution < 1.29 is 27.6 Å². The fourth-order valence-corrected chi connectivity index (χ4v) is 6.70. The molecule has 0 spiro atoms. The van der Waals surface area contributed by atoms with Crippen molar-refractivity contribution in [2.75, 3.05) is 13.1 Å². The van der Waals surface area contributed by atoms with Gasteiger partial charge < -0.3 is 21.3 Å². The first-order valence-corrected chi connectivity index (χ1v) is 18.5. The van der Waals surface area contributed by atoms with E-state index < -0.39 is 39.8 Å². The maximum absolute atomic E-state index is 14.0. The first kappa shape index (κ1) is 38.0. The van der Waals surface area contributed by atoms with Crippen LogP contribution in [-0.2, 0) is 26.0 Å². The largest absolute Gasteiger partial charge is 0.354 e. The van der Waals surface area contributed by atoms with Crippen LogP contribution < -0.4 is 26.0 Å². The number of unbranched alkanes of at least 4 members (excludes halogenated alkanes) is 1. The lowest BCUT2D eigenvalue weighted by Gasteiger charge is -2.24. The fourth-order valence-electron chi connectivity index (χ4n) is 5.58. The Labute approximate surface area is 294 Å². The van der Waals surface area contributed by atoms with Crippen LogP contribution in [0, 0.1) is 5.92 Å². The molecule has 0 unspecified atom stereocenters. The summed E-state index contributed by atoms with van der Waals surface area (Å²) in [6, 6.07) is 21.7. The zero-order valence-corrected chi connectivity index (χ0v) is 29.8. The minimum atomic E-state index is -4.20. The first-order chi connectivity index (χ1) is 23.9. The molecule has 3 atom stereocenters. The van der Waals surface area contributed by atoms with Crippen LogP contribution in [0.4, 0.5) is 0 Å². The standard InChI is InChI=1S/C38H47N5O6S/c1-5-6-17-33(38(47)40-23-25(2)3)39-24-32(18-27-13-9-7-10-14-27)42-37(46)31-20-29(34-22-35(44)43-50(34,48)49)19-30(21-31)36(45)41-26(4)28-15-11-8-12-16-28/h7-16,19-22,25-26,32-33,39H,5-6,17-18,23-24H2,1-4H3,(H,40,47)(H,41,45)(H,42,46)(H,43,44)/t26-,32-,33+/m1/s1. The molecule has 0 fully saturated rings. The highest BCUT2D eigenvalue weighted by Crippen LogP contribution is 2.27. The Morgan fingerprint density at radius 1 is 0.820 bits per heavy atom. The number of rotatable bonds is 17. The predicted molar refractivity (Wildman–Crippen MR) is 194 cm³/mol. The zero-order valence-electron chi connectivity index (χ0n) is 29.0. The van der Waals surface area contributed by atoms with E-state index in [0.29, 0.717) is 25.3 Å². The molecular formula is C38H47N5O6S. The molecule has 12 heteroatoms. The smallest absolute Gasteiger partial charge is 0.265 e. The van der Waals surface area contributed by atoms with Gasteiger partial charge in [0.05, 0.1) is 12.1 Å². The molecule has 1 aliphatic heterocycles. The van der Waals surface area contributed by atoms with Crippen molar-refractivity contribution in [3.05, 3.63) is 113 Å². The summed E-state index contributed by atoms with van der Waals surface area (Å²) < 4.78 is 27.5. The molecule has 0 radical (unpaired) electrons. The molecule has 3 aromatic carbocycles. The molecule has 0 aliphatic carbocycles. The number of hydrogen-bond acceptors (Lipinski definition) is 7. The van der Waals surface area contributed by atoms with Crippen molar-refractivity contribution in [2.24, 2.45) is 5.92 Å². The maximum Gasteiger partial charge on any atom is 0.265 e. The van der Waals surface area contributed by atoms with Gasteiger partial charge in [0.1, 0.15) is 4.91 Å². The molecule has 5 N–H and O–H groups in total.